The molecular formula is C24H21ClN2O2. The SMILES string of the molecule is O=c1cc(Oc2cccc(CCCCc3ccc(Cl)nc3)c2)c2ccccc2[nH]1. The average molecular weight is 405 g/mol. The molecule has 29 heavy (non-hydrogen) atoms. The zero-order chi connectivity index (χ0) is 20.1. The van der Waals surface area contributed by atoms with Crippen LogP contribution < -0.4 is 10.3 Å². The molecule has 4 rings (SSSR count). The van der Waals surface area contributed by atoms with Crippen LogP contribution in [0.1, 0.15) is 24.0 Å². The van der Waals surface area contributed by atoms with Crippen LogP contribution in [0.15, 0.2) is 77.7 Å². The molecule has 4 aromatic rings. The van der Waals surface area contributed by atoms with Gasteiger partial charge in [-0.15, -0.1) is 0 Å². The Morgan fingerprint density at radius 3 is 2.55 bits per heavy atom. The number of nitrogens with one attached hydrogen (secondary N) is 1. The lowest BCUT2D eigenvalue weighted by Gasteiger charge is -2.10. The van der Waals surface area contributed by atoms with Crippen molar-refractivity contribution in [2.75, 3.05) is 0 Å². The summed E-state index contributed by atoms with van der Waals surface area (Å²) in [6.07, 6.45) is 5.93. The molecule has 0 radical (unpaired) electrons. The van der Waals surface area contributed by atoms with Crippen LogP contribution in [0.5, 0.6) is 11.5 Å². The van der Waals surface area contributed by atoms with E-state index in [1.807, 2.05) is 60.8 Å². The maximum atomic E-state index is 11.9. The fraction of sp³-hybridized carbons (Fsp3) is 0.167. The van der Waals surface area contributed by atoms with Crippen LogP contribution in [0, 0.1) is 0 Å². The van der Waals surface area contributed by atoms with Crippen molar-refractivity contribution >= 4 is 22.5 Å². The van der Waals surface area contributed by atoms with Crippen LogP contribution in [0.3, 0.4) is 0 Å². The number of fused-ring (bicyclic) bond motifs is 1. The number of aromatic nitrogens is 2. The normalized spacial score (nSPS) is 10.9. The summed E-state index contributed by atoms with van der Waals surface area (Å²) in [7, 11) is 0. The van der Waals surface area contributed by atoms with Crippen molar-refractivity contribution in [2.24, 2.45) is 0 Å². The minimum absolute atomic E-state index is 0.174. The Hall–Kier alpha value is -3.11. The van der Waals surface area contributed by atoms with Gasteiger partial charge < -0.3 is 9.72 Å². The third kappa shape index (κ3) is 5.04. The molecule has 1 N–H and O–H groups in total. The standard InChI is InChI=1S/C24H21ClN2O2/c25-23-13-12-18(16-26-23)7-2-1-6-17-8-5-9-19(14-17)29-22-15-24(28)27-21-11-4-3-10-20(21)22/h3-5,8-16H,1-2,6-7H2,(H,27,28). The van der Waals surface area contributed by atoms with Crippen molar-refractivity contribution in [2.45, 2.75) is 25.7 Å². The van der Waals surface area contributed by atoms with Gasteiger partial charge in [-0.2, -0.15) is 0 Å². The van der Waals surface area contributed by atoms with E-state index >= 15 is 0 Å². The number of para-hydroxylation sites is 1. The van der Waals surface area contributed by atoms with E-state index in [2.05, 4.69) is 16.0 Å². The Morgan fingerprint density at radius 1 is 0.897 bits per heavy atom. The van der Waals surface area contributed by atoms with E-state index < -0.39 is 0 Å². The number of H-pyrrole nitrogens is 1. The molecule has 146 valence electrons. The number of pyridine rings is 2. The van der Waals surface area contributed by atoms with Gasteiger partial charge in [0.05, 0.1) is 5.52 Å². The summed E-state index contributed by atoms with van der Waals surface area (Å²) in [5.41, 5.74) is 3.01. The molecule has 0 aliphatic carbocycles. The topological polar surface area (TPSA) is 55.0 Å². The van der Waals surface area contributed by atoms with Crippen molar-refractivity contribution in [1.29, 1.82) is 0 Å². The lowest BCUT2D eigenvalue weighted by molar-refractivity contribution is 0.486. The van der Waals surface area contributed by atoms with Gasteiger partial charge in [-0.25, -0.2) is 4.98 Å². The van der Waals surface area contributed by atoms with E-state index in [9.17, 15) is 4.79 Å². The number of halogens is 1. The van der Waals surface area contributed by atoms with E-state index in [0.717, 1.165) is 42.3 Å². The maximum Gasteiger partial charge on any atom is 0.252 e. The first-order valence-electron chi connectivity index (χ1n) is 9.67. The highest BCUT2D eigenvalue weighted by molar-refractivity contribution is 6.29. The van der Waals surface area contributed by atoms with E-state index in [-0.39, 0.29) is 5.56 Å². The van der Waals surface area contributed by atoms with Gasteiger partial charge in [0.1, 0.15) is 16.7 Å². The molecule has 0 saturated heterocycles. The highest BCUT2D eigenvalue weighted by atomic mass is 35.5. The second-order valence-electron chi connectivity index (χ2n) is 6.99. The molecular weight excluding hydrogens is 384 g/mol. The fourth-order valence-electron chi connectivity index (χ4n) is 3.36. The second-order valence-corrected chi connectivity index (χ2v) is 7.38. The summed E-state index contributed by atoms with van der Waals surface area (Å²) in [5.74, 6) is 1.30. The lowest BCUT2D eigenvalue weighted by Crippen LogP contribution is -2.04. The van der Waals surface area contributed by atoms with Gasteiger partial charge in [0.15, 0.2) is 0 Å². The Morgan fingerprint density at radius 2 is 1.72 bits per heavy atom. The molecule has 4 nitrogen and oxygen atoms in total. The second kappa shape index (κ2) is 8.93. The zero-order valence-electron chi connectivity index (χ0n) is 15.9. The number of benzene rings is 2. The molecule has 5 heteroatoms. The smallest absolute Gasteiger partial charge is 0.252 e. The highest BCUT2D eigenvalue weighted by Gasteiger charge is 2.06. The quantitative estimate of drug-likeness (QED) is 0.306. The molecule has 0 fully saturated rings. The molecule has 0 aliphatic rings. The van der Waals surface area contributed by atoms with Gasteiger partial charge >= 0.3 is 0 Å². The average Bonchev–Trinajstić information content (AvgIpc) is 2.73. The number of rotatable bonds is 7. The largest absolute Gasteiger partial charge is 0.456 e. The monoisotopic (exact) mass is 404 g/mol. The first-order valence-corrected chi connectivity index (χ1v) is 10.0. The van der Waals surface area contributed by atoms with Crippen LogP contribution in [0.2, 0.25) is 5.15 Å². The number of aryl methyl sites for hydroxylation is 2. The number of hydrogen-bond acceptors (Lipinski definition) is 3. The molecule has 0 amide bonds. The minimum Gasteiger partial charge on any atom is -0.456 e. The first-order chi connectivity index (χ1) is 14.2. The highest BCUT2D eigenvalue weighted by Crippen LogP contribution is 2.28. The summed E-state index contributed by atoms with van der Waals surface area (Å²) in [4.78, 5) is 18.9. The Bertz CT molecular complexity index is 1170. The summed E-state index contributed by atoms with van der Waals surface area (Å²) in [6, 6.07) is 21.0. The van der Waals surface area contributed by atoms with Gasteiger partial charge in [0, 0.05) is 17.6 Å². The number of aromatic amines is 1. The van der Waals surface area contributed by atoms with E-state index in [1.54, 1.807) is 0 Å². The van der Waals surface area contributed by atoms with Crippen molar-refractivity contribution < 1.29 is 4.74 Å². The van der Waals surface area contributed by atoms with Crippen molar-refractivity contribution in [3.05, 3.63) is 99.6 Å². The maximum absolute atomic E-state index is 11.9. The molecule has 2 aromatic carbocycles. The number of nitrogens with zero attached hydrogens (tertiary/aromatic N) is 1. The van der Waals surface area contributed by atoms with Crippen LogP contribution in [0.4, 0.5) is 0 Å². The van der Waals surface area contributed by atoms with Gasteiger partial charge in [0.2, 0.25) is 0 Å². The Kier molecular flexibility index (Phi) is 5.92. The lowest BCUT2D eigenvalue weighted by atomic mass is 10.0. The molecule has 0 spiro atoms. The number of ether oxygens (including phenoxy) is 1. The summed E-state index contributed by atoms with van der Waals surface area (Å²) in [5, 5.41) is 1.41. The van der Waals surface area contributed by atoms with Crippen molar-refractivity contribution in [3.63, 3.8) is 0 Å². The fourth-order valence-corrected chi connectivity index (χ4v) is 3.47. The van der Waals surface area contributed by atoms with E-state index in [4.69, 9.17) is 16.3 Å². The molecule has 0 saturated carbocycles. The van der Waals surface area contributed by atoms with E-state index in [1.165, 1.54) is 17.2 Å². The number of unbranched alkanes of at least 4 members (excludes halogenated alkanes) is 1. The predicted octanol–water partition coefficient (Wildman–Crippen LogP) is 5.93. The Balaban J connectivity index is 1.40. The van der Waals surface area contributed by atoms with Gasteiger partial charge in [-0.1, -0.05) is 41.9 Å². The van der Waals surface area contributed by atoms with Crippen LogP contribution in [0.25, 0.3) is 10.9 Å². The molecule has 0 bridgehead atoms. The van der Waals surface area contributed by atoms with Gasteiger partial charge in [-0.3, -0.25) is 4.79 Å². The summed E-state index contributed by atoms with van der Waals surface area (Å²) >= 11 is 5.82. The van der Waals surface area contributed by atoms with Crippen LogP contribution in [-0.4, -0.2) is 9.97 Å². The minimum atomic E-state index is -0.174. The molecule has 0 atom stereocenters. The third-order valence-corrected chi connectivity index (χ3v) is 5.03. The van der Waals surface area contributed by atoms with Gasteiger partial charge in [0.25, 0.3) is 5.56 Å². The molecule has 2 aromatic heterocycles. The molecule has 0 aliphatic heterocycles. The predicted molar refractivity (Wildman–Crippen MR) is 117 cm³/mol. The summed E-state index contributed by atoms with van der Waals surface area (Å²) in [6.45, 7) is 0. The third-order valence-electron chi connectivity index (χ3n) is 4.81. The number of hydrogen-bond donors (Lipinski definition) is 1. The zero-order valence-corrected chi connectivity index (χ0v) is 16.7. The van der Waals surface area contributed by atoms with Gasteiger partial charge in [-0.05, 0) is 67.1 Å². The van der Waals surface area contributed by atoms with Crippen LogP contribution in [-0.2, 0) is 12.8 Å². The summed E-state index contributed by atoms with van der Waals surface area (Å²) < 4.78 is 6.06. The van der Waals surface area contributed by atoms with E-state index in [0.29, 0.717) is 10.9 Å². The molecule has 0 unspecified atom stereocenters. The van der Waals surface area contributed by atoms with Crippen LogP contribution >= 0.6 is 11.6 Å². The first kappa shape index (κ1) is 19.2. The van der Waals surface area contributed by atoms with Crippen molar-refractivity contribution in [3.8, 4) is 11.5 Å². The Labute approximate surface area is 174 Å². The van der Waals surface area contributed by atoms with Crippen molar-refractivity contribution in [1.82, 2.24) is 9.97 Å². The molecule has 2 heterocycles.